The van der Waals surface area contributed by atoms with Crippen LogP contribution in [0.3, 0.4) is 0 Å². The molecule has 0 aromatic carbocycles. The van der Waals surface area contributed by atoms with Gasteiger partial charge in [-0.3, -0.25) is 33.6 Å². The Labute approximate surface area is 300 Å². The first-order valence-corrected chi connectivity index (χ1v) is 18.6. The molecule has 0 aliphatic carbocycles. The van der Waals surface area contributed by atoms with Crippen LogP contribution in [0.15, 0.2) is 0 Å². The standard InChI is InChI=1S/C37H68N6O7/c1-13-16-18-19-24(9)32(45)38-25(10)33(46)41-30(22(6)7)37(50)40-28(20-17-14-2)35(48)42-29(21(4)5)36(49)39-26(11)34(47)43-31(27(12)44)23(8)15-3/h21-26,28-31H,13-20H2,1-12H3,(H,38,45)(H,39,49)(H,40,50)(H,41,46)(H,42,48)(H,43,47)/t23-,24-,25-,26-,28-,29-,30-,31-/m0/s1. The quantitative estimate of drug-likeness (QED) is 0.0829. The van der Waals surface area contributed by atoms with E-state index in [4.69, 9.17) is 0 Å². The topological polar surface area (TPSA) is 192 Å². The Balaban J connectivity index is 5.68. The fourth-order valence-corrected chi connectivity index (χ4v) is 5.32. The van der Waals surface area contributed by atoms with E-state index in [-0.39, 0.29) is 35.4 Å². The number of Topliss-reactive ketones (excluding diaryl/α,β-unsaturated/α-hetero) is 1. The Kier molecular flexibility index (Phi) is 22.1. The van der Waals surface area contributed by atoms with Gasteiger partial charge in [0.05, 0.1) is 6.04 Å². The molecule has 288 valence electrons. The van der Waals surface area contributed by atoms with Gasteiger partial charge in [0, 0.05) is 5.92 Å². The molecular formula is C37H68N6O7. The average Bonchev–Trinajstić information content (AvgIpc) is 3.05. The molecule has 0 fully saturated rings. The molecule has 0 heterocycles. The Morgan fingerprint density at radius 1 is 0.460 bits per heavy atom. The van der Waals surface area contributed by atoms with E-state index >= 15 is 0 Å². The molecule has 13 nitrogen and oxygen atoms in total. The lowest BCUT2D eigenvalue weighted by atomic mass is 9.96. The Morgan fingerprint density at radius 2 is 0.900 bits per heavy atom. The van der Waals surface area contributed by atoms with E-state index in [0.29, 0.717) is 19.3 Å². The fourth-order valence-electron chi connectivity index (χ4n) is 5.32. The number of ketones is 1. The van der Waals surface area contributed by atoms with Crippen LogP contribution < -0.4 is 31.9 Å². The zero-order valence-electron chi connectivity index (χ0n) is 32.8. The summed E-state index contributed by atoms with van der Waals surface area (Å²) in [6.45, 7) is 21.2. The zero-order chi connectivity index (χ0) is 38.7. The van der Waals surface area contributed by atoms with Crippen molar-refractivity contribution < 1.29 is 33.6 Å². The number of nitrogens with one attached hydrogen (secondary N) is 6. The van der Waals surface area contributed by atoms with E-state index in [0.717, 1.165) is 32.1 Å². The first kappa shape index (κ1) is 46.5. The van der Waals surface area contributed by atoms with E-state index in [9.17, 15) is 33.6 Å². The van der Waals surface area contributed by atoms with Gasteiger partial charge in [-0.15, -0.1) is 0 Å². The Morgan fingerprint density at radius 3 is 1.34 bits per heavy atom. The highest BCUT2D eigenvalue weighted by molar-refractivity contribution is 5.97. The highest BCUT2D eigenvalue weighted by atomic mass is 16.2. The molecule has 0 aliphatic rings. The maximum absolute atomic E-state index is 13.6. The molecule has 50 heavy (non-hydrogen) atoms. The van der Waals surface area contributed by atoms with Crippen LogP contribution in [0.1, 0.15) is 134 Å². The Bertz CT molecular complexity index is 1130. The normalized spacial score (nSPS) is 16.1. The summed E-state index contributed by atoms with van der Waals surface area (Å²) in [5.74, 6) is -4.19. The van der Waals surface area contributed by atoms with Crippen LogP contribution in [0.25, 0.3) is 0 Å². The first-order valence-electron chi connectivity index (χ1n) is 18.6. The van der Waals surface area contributed by atoms with Crippen LogP contribution in [0, 0.1) is 23.7 Å². The molecule has 0 unspecified atom stereocenters. The monoisotopic (exact) mass is 709 g/mol. The minimum Gasteiger partial charge on any atom is -0.344 e. The van der Waals surface area contributed by atoms with Crippen molar-refractivity contribution in [3.05, 3.63) is 0 Å². The highest BCUT2D eigenvalue weighted by Gasteiger charge is 2.34. The molecule has 8 atom stereocenters. The van der Waals surface area contributed by atoms with Gasteiger partial charge < -0.3 is 31.9 Å². The zero-order valence-corrected chi connectivity index (χ0v) is 32.8. The lowest BCUT2D eigenvalue weighted by Gasteiger charge is -2.29. The van der Waals surface area contributed by atoms with E-state index in [1.807, 2.05) is 27.7 Å². The van der Waals surface area contributed by atoms with Crippen molar-refractivity contribution in [3.63, 3.8) is 0 Å². The van der Waals surface area contributed by atoms with Crippen LogP contribution in [0.2, 0.25) is 0 Å². The molecule has 0 aromatic heterocycles. The highest BCUT2D eigenvalue weighted by Crippen LogP contribution is 2.12. The summed E-state index contributed by atoms with van der Waals surface area (Å²) in [5, 5.41) is 16.4. The minimum absolute atomic E-state index is 0.0841. The summed E-state index contributed by atoms with van der Waals surface area (Å²) in [5.41, 5.74) is 0. The molecule has 0 saturated carbocycles. The molecule has 6 N–H and O–H groups in total. The SMILES string of the molecule is CCCCC[C@H](C)C(=O)N[C@@H](C)C(=O)N[C@H](C(=O)N[C@@H](CCCC)C(=O)N[C@H](C(=O)N[C@@H](C)C(=O)N[C@H](C(C)=O)[C@@H](C)CC)C(C)C)C(C)C. The van der Waals surface area contributed by atoms with E-state index in [1.54, 1.807) is 34.6 Å². The van der Waals surface area contributed by atoms with Crippen LogP contribution in [-0.2, 0) is 33.6 Å². The number of rotatable bonds is 24. The number of carbonyl (C=O) groups excluding carboxylic acids is 7. The van der Waals surface area contributed by atoms with Crippen molar-refractivity contribution in [1.82, 2.24) is 31.9 Å². The second-order valence-electron chi connectivity index (χ2n) is 14.5. The van der Waals surface area contributed by atoms with E-state index in [2.05, 4.69) is 38.8 Å². The summed E-state index contributed by atoms with van der Waals surface area (Å²) in [6, 6.07) is -5.54. The molecule has 6 amide bonds. The van der Waals surface area contributed by atoms with Crippen molar-refractivity contribution in [3.8, 4) is 0 Å². The van der Waals surface area contributed by atoms with Crippen molar-refractivity contribution in [2.75, 3.05) is 0 Å². The predicted octanol–water partition coefficient (Wildman–Crippen LogP) is 3.29. The maximum atomic E-state index is 13.6. The van der Waals surface area contributed by atoms with Gasteiger partial charge in [0.15, 0.2) is 5.78 Å². The van der Waals surface area contributed by atoms with Crippen LogP contribution in [0.5, 0.6) is 0 Å². The second-order valence-corrected chi connectivity index (χ2v) is 14.5. The van der Waals surface area contributed by atoms with Crippen LogP contribution >= 0.6 is 0 Å². The molecule has 0 radical (unpaired) electrons. The molecule has 0 spiro atoms. The van der Waals surface area contributed by atoms with Crippen molar-refractivity contribution >= 4 is 41.2 Å². The molecular weight excluding hydrogens is 640 g/mol. The van der Waals surface area contributed by atoms with Crippen LogP contribution in [-0.4, -0.2) is 77.5 Å². The number of hydrogen-bond acceptors (Lipinski definition) is 7. The van der Waals surface area contributed by atoms with E-state index in [1.165, 1.54) is 13.8 Å². The third-order valence-electron chi connectivity index (χ3n) is 9.11. The van der Waals surface area contributed by atoms with Gasteiger partial charge >= 0.3 is 0 Å². The second kappa shape index (κ2) is 23.8. The summed E-state index contributed by atoms with van der Waals surface area (Å²) in [4.78, 5) is 91.1. The molecule has 0 bridgehead atoms. The molecule has 0 aromatic rings. The van der Waals surface area contributed by atoms with Gasteiger partial charge in [-0.2, -0.15) is 0 Å². The lowest BCUT2D eigenvalue weighted by Crippen LogP contribution is -2.60. The summed E-state index contributed by atoms with van der Waals surface area (Å²) in [6.07, 6.45) is 6.06. The number of amides is 6. The predicted molar refractivity (Wildman–Crippen MR) is 196 cm³/mol. The lowest BCUT2D eigenvalue weighted by molar-refractivity contribution is -0.136. The minimum atomic E-state index is -1.02. The van der Waals surface area contributed by atoms with Crippen molar-refractivity contribution in [2.24, 2.45) is 23.7 Å². The molecule has 0 saturated heterocycles. The average molecular weight is 709 g/mol. The van der Waals surface area contributed by atoms with Gasteiger partial charge in [0.2, 0.25) is 35.4 Å². The Hall–Kier alpha value is -3.51. The van der Waals surface area contributed by atoms with Gasteiger partial charge in [-0.05, 0) is 51.4 Å². The third kappa shape index (κ3) is 16.5. The van der Waals surface area contributed by atoms with E-state index < -0.39 is 65.8 Å². The largest absolute Gasteiger partial charge is 0.344 e. The fraction of sp³-hybridized carbons (Fsp3) is 0.811. The number of hydrogen-bond donors (Lipinski definition) is 6. The first-order chi connectivity index (χ1) is 23.3. The number of carbonyl (C=O) groups is 7. The molecule has 0 rings (SSSR count). The van der Waals surface area contributed by atoms with Crippen LogP contribution in [0.4, 0.5) is 0 Å². The van der Waals surface area contributed by atoms with Crippen molar-refractivity contribution in [1.29, 1.82) is 0 Å². The van der Waals surface area contributed by atoms with Gasteiger partial charge in [-0.1, -0.05) is 101 Å². The third-order valence-corrected chi connectivity index (χ3v) is 9.11. The summed E-state index contributed by atoms with van der Waals surface area (Å²) in [7, 11) is 0. The van der Waals surface area contributed by atoms with Gasteiger partial charge in [0.25, 0.3) is 0 Å². The molecule has 0 aliphatic heterocycles. The molecule has 13 heteroatoms. The summed E-state index contributed by atoms with van der Waals surface area (Å²) < 4.78 is 0. The summed E-state index contributed by atoms with van der Waals surface area (Å²) >= 11 is 0. The van der Waals surface area contributed by atoms with Crippen molar-refractivity contribution in [2.45, 2.75) is 171 Å². The van der Waals surface area contributed by atoms with Gasteiger partial charge in [0.1, 0.15) is 30.2 Å². The smallest absolute Gasteiger partial charge is 0.243 e. The number of unbranched alkanes of at least 4 members (excludes halogenated alkanes) is 3. The van der Waals surface area contributed by atoms with Gasteiger partial charge in [-0.25, -0.2) is 0 Å². The maximum Gasteiger partial charge on any atom is 0.243 e.